The number of carbonyl (C=O) groups is 1. The van der Waals surface area contributed by atoms with Crippen molar-refractivity contribution in [2.24, 2.45) is 7.05 Å². The number of hydrogen-bond donors (Lipinski definition) is 1. The lowest BCUT2D eigenvalue weighted by atomic mass is 10.3. The Hall–Kier alpha value is -3.26. The van der Waals surface area contributed by atoms with E-state index < -0.39 is 0 Å². The van der Waals surface area contributed by atoms with Gasteiger partial charge in [-0.15, -0.1) is 11.3 Å². The fourth-order valence-electron chi connectivity index (χ4n) is 2.66. The highest BCUT2D eigenvalue weighted by molar-refractivity contribution is 7.09. The number of benzene rings is 1. The Morgan fingerprint density at radius 3 is 2.73 bits per heavy atom. The predicted molar refractivity (Wildman–Crippen MR) is 99.6 cm³/mol. The second-order valence-electron chi connectivity index (χ2n) is 5.72. The van der Waals surface area contributed by atoms with Crippen LogP contribution in [-0.4, -0.2) is 25.2 Å². The van der Waals surface area contributed by atoms with Crippen molar-refractivity contribution in [1.82, 2.24) is 24.6 Å². The normalized spacial score (nSPS) is 11.0. The molecule has 8 heteroatoms. The van der Waals surface area contributed by atoms with Crippen molar-refractivity contribution in [3.8, 4) is 5.69 Å². The van der Waals surface area contributed by atoms with Crippen LogP contribution in [0.2, 0.25) is 0 Å². The van der Waals surface area contributed by atoms with Gasteiger partial charge in [0.2, 0.25) is 0 Å². The molecule has 0 fully saturated rings. The number of nitrogens with zero attached hydrogens (tertiary/aromatic N) is 4. The predicted octanol–water partition coefficient (Wildman–Crippen LogP) is 2.11. The van der Waals surface area contributed by atoms with Crippen molar-refractivity contribution in [2.45, 2.75) is 6.54 Å². The molecule has 3 aromatic heterocycles. The topological polar surface area (TPSA) is 81.8 Å². The van der Waals surface area contributed by atoms with Gasteiger partial charge in [0, 0.05) is 11.9 Å². The van der Waals surface area contributed by atoms with Crippen LogP contribution >= 0.6 is 11.3 Å². The maximum absolute atomic E-state index is 12.7. The van der Waals surface area contributed by atoms with Crippen molar-refractivity contribution in [1.29, 1.82) is 0 Å². The van der Waals surface area contributed by atoms with Gasteiger partial charge in [-0.2, -0.15) is 5.10 Å². The third-order valence-corrected chi connectivity index (χ3v) is 4.84. The Morgan fingerprint density at radius 1 is 1.19 bits per heavy atom. The fraction of sp³-hybridized carbons (Fsp3) is 0.111. The molecule has 26 heavy (non-hydrogen) atoms. The first kappa shape index (κ1) is 16.2. The van der Waals surface area contributed by atoms with Gasteiger partial charge < -0.3 is 9.88 Å². The third-order valence-electron chi connectivity index (χ3n) is 3.96. The van der Waals surface area contributed by atoms with Crippen molar-refractivity contribution in [3.63, 3.8) is 0 Å². The average Bonchev–Trinajstić information content (AvgIpc) is 3.31. The molecular weight excluding hydrogens is 350 g/mol. The molecule has 0 bridgehead atoms. The molecule has 7 nitrogen and oxygen atoms in total. The molecule has 0 spiro atoms. The largest absolute Gasteiger partial charge is 0.346 e. The van der Waals surface area contributed by atoms with Crippen LogP contribution in [0.3, 0.4) is 0 Å². The quantitative estimate of drug-likeness (QED) is 0.601. The Labute approximate surface area is 152 Å². The maximum atomic E-state index is 12.7. The van der Waals surface area contributed by atoms with Crippen LogP contribution in [0.5, 0.6) is 0 Å². The average molecular weight is 365 g/mol. The van der Waals surface area contributed by atoms with Crippen LogP contribution in [0.15, 0.2) is 59.0 Å². The summed E-state index contributed by atoms with van der Waals surface area (Å²) in [6, 6.07) is 13.1. The SMILES string of the molecule is Cn1cnc2c(C(=O)NCc3cccs3)nn(-c3ccccc3)c2c1=O. The number of hydrogen-bond acceptors (Lipinski definition) is 5. The van der Waals surface area contributed by atoms with Crippen molar-refractivity contribution in [3.05, 3.63) is 75.1 Å². The van der Waals surface area contributed by atoms with Gasteiger partial charge in [0.1, 0.15) is 5.52 Å². The molecule has 0 aliphatic rings. The zero-order valence-electron chi connectivity index (χ0n) is 13.9. The summed E-state index contributed by atoms with van der Waals surface area (Å²) in [5, 5.41) is 9.18. The molecule has 0 unspecified atom stereocenters. The van der Waals surface area contributed by atoms with E-state index in [2.05, 4.69) is 15.4 Å². The molecule has 4 rings (SSSR count). The van der Waals surface area contributed by atoms with Gasteiger partial charge in [0.25, 0.3) is 11.5 Å². The van der Waals surface area contributed by atoms with Crippen LogP contribution < -0.4 is 10.9 Å². The van der Waals surface area contributed by atoms with Crippen molar-refractivity contribution < 1.29 is 4.79 Å². The summed E-state index contributed by atoms with van der Waals surface area (Å²) < 4.78 is 2.85. The first-order chi connectivity index (χ1) is 12.6. The van der Waals surface area contributed by atoms with E-state index in [0.717, 1.165) is 4.88 Å². The Kier molecular flexibility index (Phi) is 4.10. The molecule has 0 aliphatic heterocycles. The number of carbonyl (C=O) groups excluding carboxylic acids is 1. The summed E-state index contributed by atoms with van der Waals surface area (Å²) in [5.41, 5.74) is 1.14. The molecule has 1 N–H and O–H groups in total. The summed E-state index contributed by atoms with van der Waals surface area (Å²) in [4.78, 5) is 30.6. The molecule has 4 aromatic rings. The molecule has 0 saturated heterocycles. The summed E-state index contributed by atoms with van der Waals surface area (Å²) in [5.74, 6) is -0.362. The zero-order chi connectivity index (χ0) is 18.1. The van der Waals surface area contributed by atoms with Gasteiger partial charge in [-0.3, -0.25) is 9.59 Å². The minimum absolute atomic E-state index is 0.137. The fourth-order valence-corrected chi connectivity index (χ4v) is 3.31. The molecule has 0 radical (unpaired) electrons. The van der Waals surface area contributed by atoms with Crippen LogP contribution in [-0.2, 0) is 13.6 Å². The highest BCUT2D eigenvalue weighted by Crippen LogP contribution is 2.18. The van der Waals surface area contributed by atoms with Gasteiger partial charge in [0.05, 0.1) is 18.6 Å². The van der Waals surface area contributed by atoms with Gasteiger partial charge in [-0.25, -0.2) is 9.67 Å². The number of thiophene rings is 1. The van der Waals surface area contributed by atoms with E-state index in [-0.39, 0.29) is 22.7 Å². The summed E-state index contributed by atoms with van der Waals surface area (Å²) in [6.45, 7) is 0.404. The number of fused-ring (bicyclic) bond motifs is 1. The summed E-state index contributed by atoms with van der Waals surface area (Å²) in [6.07, 6.45) is 1.40. The molecule has 3 heterocycles. The summed E-state index contributed by atoms with van der Waals surface area (Å²) in [7, 11) is 1.62. The van der Waals surface area contributed by atoms with Crippen molar-refractivity contribution in [2.75, 3.05) is 0 Å². The van der Waals surface area contributed by atoms with Crippen molar-refractivity contribution >= 4 is 28.3 Å². The van der Waals surface area contributed by atoms with E-state index in [0.29, 0.717) is 17.7 Å². The van der Waals surface area contributed by atoms with Crippen LogP contribution in [0.1, 0.15) is 15.4 Å². The van der Waals surface area contributed by atoms with Gasteiger partial charge in [0.15, 0.2) is 11.2 Å². The van der Waals surface area contributed by atoms with E-state index in [1.165, 1.54) is 15.6 Å². The lowest BCUT2D eigenvalue weighted by Gasteiger charge is -2.02. The highest BCUT2D eigenvalue weighted by Gasteiger charge is 2.22. The minimum atomic E-state index is -0.362. The maximum Gasteiger partial charge on any atom is 0.279 e. The van der Waals surface area contributed by atoms with E-state index in [9.17, 15) is 9.59 Å². The molecule has 0 aliphatic carbocycles. The zero-order valence-corrected chi connectivity index (χ0v) is 14.7. The summed E-state index contributed by atoms with van der Waals surface area (Å²) >= 11 is 1.56. The number of para-hydroxylation sites is 1. The standard InChI is InChI=1S/C18H15N5O2S/c1-22-11-20-14-15(17(24)19-10-13-8-5-9-26-13)21-23(16(14)18(22)25)12-6-3-2-4-7-12/h2-9,11H,10H2,1H3,(H,19,24). The first-order valence-electron chi connectivity index (χ1n) is 7.95. The van der Waals surface area contributed by atoms with E-state index in [4.69, 9.17) is 0 Å². The number of aromatic nitrogens is 4. The lowest BCUT2D eigenvalue weighted by Crippen LogP contribution is -2.23. The number of nitrogens with one attached hydrogen (secondary N) is 1. The van der Waals surface area contributed by atoms with Gasteiger partial charge >= 0.3 is 0 Å². The van der Waals surface area contributed by atoms with Gasteiger partial charge in [-0.05, 0) is 23.6 Å². The number of amides is 1. The van der Waals surface area contributed by atoms with Crippen LogP contribution in [0.25, 0.3) is 16.7 Å². The smallest absolute Gasteiger partial charge is 0.279 e. The van der Waals surface area contributed by atoms with E-state index in [1.807, 2.05) is 47.8 Å². The Balaban J connectivity index is 1.81. The third kappa shape index (κ3) is 2.80. The molecule has 0 saturated carbocycles. The van der Waals surface area contributed by atoms with Gasteiger partial charge in [-0.1, -0.05) is 24.3 Å². The molecule has 130 valence electrons. The monoisotopic (exact) mass is 365 g/mol. The minimum Gasteiger partial charge on any atom is -0.346 e. The highest BCUT2D eigenvalue weighted by atomic mass is 32.1. The molecular formula is C18H15N5O2S. The Bertz CT molecular complexity index is 1130. The van der Waals surface area contributed by atoms with Crippen LogP contribution in [0, 0.1) is 0 Å². The number of aryl methyl sites for hydroxylation is 1. The van der Waals surface area contributed by atoms with E-state index >= 15 is 0 Å². The number of rotatable bonds is 4. The second-order valence-corrected chi connectivity index (χ2v) is 6.75. The first-order valence-corrected chi connectivity index (χ1v) is 8.83. The lowest BCUT2D eigenvalue weighted by molar-refractivity contribution is 0.0947. The Morgan fingerprint density at radius 2 is 2.00 bits per heavy atom. The van der Waals surface area contributed by atoms with Crippen LogP contribution in [0.4, 0.5) is 0 Å². The second kappa shape index (κ2) is 6.57. The molecule has 1 amide bonds. The van der Waals surface area contributed by atoms with E-state index in [1.54, 1.807) is 18.4 Å². The molecule has 0 atom stereocenters. The molecule has 1 aromatic carbocycles.